The molecular weight excluding hydrogens is 565 g/mol. The number of ether oxygens (including phenoxy) is 1. The maximum absolute atomic E-state index is 12.7. The number of ketones is 2. The van der Waals surface area contributed by atoms with Crippen LogP contribution < -0.4 is 10.1 Å². The minimum Gasteiger partial charge on any atom is -0.504 e. The zero-order valence-electron chi connectivity index (χ0n) is 24.2. The maximum atomic E-state index is 12.7. The van der Waals surface area contributed by atoms with Crippen molar-refractivity contribution in [1.82, 2.24) is 4.98 Å². The lowest BCUT2D eigenvalue weighted by Gasteiger charge is -2.39. The number of Topliss-reactive ketones (excluding diaryl/α,β-unsaturated/α-hetero) is 1. The fourth-order valence-electron chi connectivity index (χ4n) is 5.69. The van der Waals surface area contributed by atoms with Crippen molar-refractivity contribution >= 4 is 45.0 Å². The summed E-state index contributed by atoms with van der Waals surface area (Å²) in [5.41, 5.74) is 5.11. The number of nitrogens with one attached hydrogen (secondary N) is 1. The molecular formula is C34H38N2O4S2. The number of aromatic nitrogens is 1. The molecule has 3 aromatic rings. The summed E-state index contributed by atoms with van der Waals surface area (Å²) in [7, 11) is 5.33. The van der Waals surface area contributed by atoms with E-state index in [1.165, 1.54) is 24.3 Å². The lowest BCUT2D eigenvalue weighted by Crippen LogP contribution is -2.33. The van der Waals surface area contributed by atoms with Crippen LogP contribution in [0.5, 0.6) is 11.5 Å². The number of fused-ring (bicyclic) bond motifs is 2. The SMILES string of the molecule is CC[C@H]1CCC(=O)CC(=O)C=Cc2cc(OC)c(O)cc2Cc2cnc3c(c2)[C@@](Cc2ccccc2)(CCN3)SSC1. The molecule has 0 saturated heterocycles. The van der Waals surface area contributed by atoms with E-state index >= 15 is 0 Å². The second-order valence-electron chi connectivity index (χ2n) is 11.2. The van der Waals surface area contributed by atoms with E-state index < -0.39 is 0 Å². The van der Waals surface area contributed by atoms with Gasteiger partial charge in [0.25, 0.3) is 0 Å². The maximum Gasteiger partial charge on any atom is 0.163 e. The number of anilines is 1. The summed E-state index contributed by atoms with van der Waals surface area (Å²) in [6, 6.07) is 16.3. The highest BCUT2D eigenvalue weighted by Crippen LogP contribution is 2.53. The number of nitrogens with zero attached hydrogens (tertiary/aromatic N) is 1. The number of methoxy groups -OCH3 is 1. The Bertz CT molecular complexity index is 1460. The van der Waals surface area contributed by atoms with E-state index in [2.05, 4.69) is 48.6 Å². The van der Waals surface area contributed by atoms with Crippen molar-refractivity contribution < 1.29 is 19.4 Å². The number of hydrogen-bond acceptors (Lipinski definition) is 8. The van der Waals surface area contributed by atoms with Gasteiger partial charge in [-0.15, -0.1) is 0 Å². The van der Waals surface area contributed by atoms with E-state index in [9.17, 15) is 14.7 Å². The van der Waals surface area contributed by atoms with Gasteiger partial charge in [-0.05, 0) is 78.1 Å². The predicted octanol–water partition coefficient (Wildman–Crippen LogP) is 7.38. The van der Waals surface area contributed by atoms with Crippen LogP contribution in [0.15, 0.2) is 60.8 Å². The van der Waals surface area contributed by atoms with Crippen LogP contribution in [0.1, 0.15) is 66.8 Å². The highest BCUT2D eigenvalue weighted by Gasteiger charge is 2.39. The molecule has 3 heterocycles. The standard InChI is InChI=1S/C34H38N2O4S2/c1-3-23-9-11-28(37)19-29(38)12-10-26-18-32(40-2)31(39)17-27(26)15-25-16-30-33(36-21-25)35-14-13-34(30,42-41-22-23)20-24-7-5-4-6-8-24/h4-8,10,12,16-18,21,23,39H,3,9,11,13-15,19-20,22H2,1-2H3,(H,35,36)/t23-,34-/m0/s1. The van der Waals surface area contributed by atoms with E-state index in [-0.39, 0.29) is 28.5 Å². The fraction of sp³-hybridized carbons (Fsp3) is 0.382. The molecule has 8 heteroatoms. The smallest absolute Gasteiger partial charge is 0.163 e. The van der Waals surface area contributed by atoms with Crippen LogP contribution in [-0.4, -0.2) is 41.1 Å². The molecule has 2 bridgehead atoms. The van der Waals surface area contributed by atoms with Crippen molar-refractivity contribution in [1.29, 1.82) is 0 Å². The molecule has 0 aliphatic carbocycles. The highest BCUT2D eigenvalue weighted by molar-refractivity contribution is 8.77. The normalized spacial score (nSPS) is 21.5. The first-order valence-corrected chi connectivity index (χ1v) is 16.9. The summed E-state index contributed by atoms with van der Waals surface area (Å²) < 4.78 is 5.18. The molecule has 2 aliphatic rings. The summed E-state index contributed by atoms with van der Waals surface area (Å²) in [4.78, 5) is 30.3. The minimum absolute atomic E-state index is 0.0185. The van der Waals surface area contributed by atoms with Crippen LogP contribution in [0, 0.1) is 5.92 Å². The van der Waals surface area contributed by atoms with Crippen molar-refractivity contribution in [2.24, 2.45) is 5.92 Å². The third-order valence-corrected chi connectivity index (χ3v) is 11.5. The van der Waals surface area contributed by atoms with E-state index in [1.807, 2.05) is 27.8 Å². The largest absolute Gasteiger partial charge is 0.504 e. The first-order valence-electron chi connectivity index (χ1n) is 14.6. The van der Waals surface area contributed by atoms with Gasteiger partial charge < -0.3 is 15.2 Å². The summed E-state index contributed by atoms with van der Waals surface area (Å²) in [6.45, 7) is 3.03. The van der Waals surface area contributed by atoms with Crippen molar-refractivity contribution in [3.8, 4) is 11.5 Å². The molecule has 220 valence electrons. The molecule has 5 rings (SSSR count). The average molecular weight is 603 g/mol. The van der Waals surface area contributed by atoms with Crippen LogP contribution in [0.25, 0.3) is 6.08 Å². The first kappa shape index (κ1) is 30.2. The molecule has 0 saturated carbocycles. The summed E-state index contributed by atoms with van der Waals surface area (Å²) in [5.74, 6) is 2.41. The number of hydrogen-bond donors (Lipinski definition) is 2. The third kappa shape index (κ3) is 7.21. The molecule has 0 fully saturated rings. The Morgan fingerprint density at radius 3 is 2.74 bits per heavy atom. The van der Waals surface area contributed by atoms with Gasteiger partial charge in [0.05, 0.1) is 18.3 Å². The lowest BCUT2D eigenvalue weighted by molar-refractivity contribution is -0.124. The fourth-order valence-corrected chi connectivity index (χ4v) is 9.39. The Labute approximate surface area is 256 Å². The van der Waals surface area contributed by atoms with Crippen molar-refractivity contribution in [2.75, 3.05) is 24.7 Å². The second-order valence-corrected chi connectivity index (χ2v) is 13.9. The number of pyridine rings is 1. The molecule has 0 amide bonds. The molecule has 6 nitrogen and oxygen atoms in total. The molecule has 2 aliphatic heterocycles. The van der Waals surface area contributed by atoms with Crippen LogP contribution in [0.4, 0.5) is 5.82 Å². The Kier molecular flexibility index (Phi) is 9.95. The van der Waals surface area contributed by atoms with Gasteiger partial charge in [-0.3, -0.25) is 9.59 Å². The second kappa shape index (κ2) is 13.8. The first-order chi connectivity index (χ1) is 20.4. The van der Waals surface area contributed by atoms with Crippen LogP contribution >= 0.6 is 21.6 Å². The van der Waals surface area contributed by atoms with Crippen molar-refractivity contribution in [2.45, 2.75) is 56.6 Å². The number of carbonyl (C=O) groups is 2. The minimum atomic E-state index is -0.218. The quantitative estimate of drug-likeness (QED) is 0.236. The molecule has 2 aromatic carbocycles. The van der Waals surface area contributed by atoms with Crippen LogP contribution in [0.3, 0.4) is 0 Å². The Morgan fingerprint density at radius 2 is 1.95 bits per heavy atom. The Hall–Kier alpha value is -3.23. The summed E-state index contributed by atoms with van der Waals surface area (Å²) in [5, 5.41) is 14.1. The lowest BCUT2D eigenvalue weighted by atomic mass is 9.85. The van der Waals surface area contributed by atoms with E-state index in [0.29, 0.717) is 24.5 Å². The molecule has 1 aromatic heterocycles. The number of rotatable bonds is 4. The number of carbonyl (C=O) groups excluding carboxylic acids is 2. The van der Waals surface area contributed by atoms with Gasteiger partial charge in [-0.25, -0.2) is 4.98 Å². The van der Waals surface area contributed by atoms with Crippen LogP contribution in [-0.2, 0) is 27.2 Å². The van der Waals surface area contributed by atoms with Gasteiger partial charge >= 0.3 is 0 Å². The summed E-state index contributed by atoms with van der Waals surface area (Å²) >= 11 is 0. The number of phenols is 1. The highest BCUT2D eigenvalue weighted by atomic mass is 33.1. The Balaban J connectivity index is 1.59. The third-order valence-electron chi connectivity index (χ3n) is 8.18. The predicted molar refractivity (Wildman–Crippen MR) is 173 cm³/mol. The van der Waals surface area contributed by atoms with Crippen molar-refractivity contribution in [3.05, 3.63) is 88.6 Å². The monoisotopic (exact) mass is 602 g/mol. The molecule has 2 N–H and O–H groups in total. The van der Waals surface area contributed by atoms with Gasteiger partial charge in [-0.1, -0.05) is 71.3 Å². The van der Waals surface area contributed by atoms with Crippen LogP contribution in [0.2, 0.25) is 0 Å². The number of benzene rings is 2. The van der Waals surface area contributed by atoms with Gasteiger partial charge in [0.1, 0.15) is 11.6 Å². The topological polar surface area (TPSA) is 88.5 Å². The average Bonchev–Trinajstić information content (AvgIpc) is 2.99. The molecule has 2 atom stereocenters. The van der Waals surface area contributed by atoms with E-state index in [4.69, 9.17) is 9.72 Å². The molecule has 0 unspecified atom stereocenters. The van der Waals surface area contributed by atoms with Gasteiger partial charge in [0.15, 0.2) is 17.3 Å². The Morgan fingerprint density at radius 1 is 1.12 bits per heavy atom. The molecule has 0 radical (unpaired) electrons. The molecule has 42 heavy (non-hydrogen) atoms. The van der Waals surface area contributed by atoms with E-state index in [0.717, 1.165) is 60.5 Å². The van der Waals surface area contributed by atoms with Gasteiger partial charge in [-0.2, -0.15) is 0 Å². The van der Waals surface area contributed by atoms with Gasteiger partial charge in [0.2, 0.25) is 0 Å². The van der Waals surface area contributed by atoms with Crippen molar-refractivity contribution in [3.63, 3.8) is 0 Å². The zero-order chi connectivity index (χ0) is 29.5. The van der Waals surface area contributed by atoms with E-state index in [1.54, 1.807) is 18.2 Å². The number of allylic oxidation sites excluding steroid dienone is 1. The van der Waals surface area contributed by atoms with Gasteiger partial charge in [0, 0.05) is 30.5 Å². The zero-order valence-corrected chi connectivity index (χ0v) is 25.9. The summed E-state index contributed by atoms with van der Waals surface area (Å²) in [6.07, 6.45) is 9.56. The number of phenolic OH excluding ortho intramolecular Hbond substituents is 1. The number of aromatic hydroxyl groups is 1. The molecule has 0 spiro atoms.